The number of rotatable bonds is 4. The Hall–Kier alpha value is -2.12. The van der Waals surface area contributed by atoms with Crippen LogP contribution in [0.4, 0.5) is 0 Å². The first kappa shape index (κ1) is 16.4. The Morgan fingerprint density at radius 2 is 1.84 bits per heavy atom. The van der Waals surface area contributed by atoms with Gasteiger partial charge in [-0.2, -0.15) is 0 Å². The van der Waals surface area contributed by atoms with Gasteiger partial charge in [0.05, 0.1) is 18.7 Å². The molecule has 0 aliphatic carbocycles. The number of fused-ring (bicyclic) bond motifs is 1. The third-order valence-electron chi connectivity index (χ3n) is 5.05. The van der Waals surface area contributed by atoms with Gasteiger partial charge in [-0.1, -0.05) is 12.1 Å². The van der Waals surface area contributed by atoms with Crippen LogP contribution in [0.5, 0.6) is 0 Å². The van der Waals surface area contributed by atoms with Crippen LogP contribution in [0.1, 0.15) is 19.3 Å². The van der Waals surface area contributed by atoms with E-state index in [1.165, 1.54) is 4.57 Å². The van der Waals surface area contributed by atoms with Gasteiger partial charge in [0, 0.05) is 32.0 Å². The average molecular weight is 346 g/mol. The molecule has 0 N–H and O–H groups in total. The summed E-state index contributed by atoms with van der Waals surface area (Å²) in [7, 11) is 0. The van der Waals surface area contributed by atoms with Crippen LogP contribution in [-0.2, 0) is 20.8 Å². The number of hydrogen-bond donors (Lipinski definition) is 0. The van der Waals surface area contributed by atoms with Gasteiger partial charge in [0.15, 0.2) is 11.9 Å². The van der Waals surface area contributed by atoms with Crippen LogP contribution >= 0.6 is 0 Å². The Morgan fingerprint density at radius 3 is 2.60 bits per heavy atom. The molecule has 2 fully saturated rings. The summed E-state index contributed by atoms with van der Waals surface area (Å²) in [4.78, 5) is 26.3. The highest BCUT2D eigenvalue weighted by atomic mass is 16.7. The monoisotopic (exact) mass is 346 g/mol. The molecule has 3 heterocycles. The normalized spacial score (nSPS) is 19.8. The van der Waals surface area contributed by atoms with Crippen LogP contribution in [0.15, 0.2) is 33.5 Å². The third kappa shape index (κ3) is 3.34. The largest absolute Gasteiger partial charge is 0.419 e. The van der Waals surface area contributed by atoms with Crippen LogP contribution < -0.4 is 5.76 Å². The molecule has 4 rings (SSSR count). The van der Waals surface area contributed by atoms with Crippen LogP contribution in [0.2, 0.25) is 0 Å². The second-order valence-electron chi connectivity index (χ2n) is 6.57. The molecule has 0 saturated carbocycles. The molecule has 0 radical (unpaired) electrons. The van der Waals surface area contributed by atoms with Crippen molar-refractivity contribution >= 4 is 17.0 Å². The molecule has 1 aromatic carbocycles. The van der Waals surface area contributed by atoms with Crippen molar-refractivity contribution in [3.05, 3.63) is 34.8 Å². The maximum Gasteiger partial charge on any atom is 0.419 e. The number of aromatic nitrogens is 1. The number of likely N-dealkylation sites (tertiary alicyclic amines) is 1. The third-order valence-corrected chi connectivity index (χ3v) is 5.05. The SMILES string of the molecule is O=C(CCn1c(=O)oc2ccccc21)N1CCC(C2OCCO2)CC1. The number of benzene rings is 1. The molecule has 0 unspecified atom stereocenters. The minimum absolute atomic E-state index is 0.0730. The van der Waals surface area contributed by atoms with E-state index in [0.29, 0.717) is 50.8 Å². The van der Waals surface area contributed by atoms with E-state index in [4.69, 9.17) is 13.9 Å². The molecule has 25 heavy (non-hydrogen) atoms. The number of aryl methyl sites for hydroxylation is 1. The van der Waals surface area contributed by atoms with Gasteiger partial charge in [0.1, 0.15) is 0 Å². The van der Waals surface area contributed by atoms with Crippen molar-refractivity contribution in [2.45, 2.75) is 32.1 Å². The van der Waals surface area contributed by atoms with E-state index in [1.54, 1.807) is 6.07 Å². The van der Waals surface area contributed by atoms with Gasteiger partial charge >= 0.3 is 5.76 Å². The van der Waals surface area contributed by atoms with E-state index in [2.05, 4.69) is 0 Å². The van der Waals surface area contributed by atoms with Gasteiger partial charge in [-0.15, -0.1) is 0 Å². The van der Waals surface area contributed by atoms with Crippen LogP contribution in [0, 0.1) is 5.92 Å². The molecule has 7 heteroatoms. The Balaban J connectivity index is 1.33. The van der Waals surface area contributed by atoms with Crippen molar-refractivity contribution in [3.63, 3.8) is 0 Å². The minimum atomic E-state index is -0.414. The molecule has 2 aliphatic heterocycles. The molecule has 1 aromatic heterocycles. The smallest absolute Gasteiger partial charge is 0.408 e. The highest BCUT2D eigenvalue weighted by Gasteiger charge is 2.31. The highest BCUT2D eigenvalue weighted by molar-refractivity contribution is 5.77. The Kier molecular flexibility index (Phi) is 4.59. The van der Waals surface area contributed by atoms with Gasteiger partial charge in [-0.3, -0.25) is 9.36 Å². The number of oxazole rings is 1. The predicted octanol–water partition coefficient (Wildman–Crippen LogP) is 1.60. The number of hydrogen-bond acceptors (Lipinski definition) is 5. The number of nitrogens with zero attached hydrogens (tertiary/aromatic N) is 2. The van der Waals surface area contributed by atoms with Crippen molar-refractivity contribution in [2.75, 3.05) is 26.3 Å². The maximum atomic E-state index is 12.5. The molecule has 7 nitrogen and oxygen atoms in total. The first-order valence-corrected chi connectivity index (χ1v) is 8.82. The van der Waals surface area contributed by atoms with E-state index >= 15 is 0 Å². The molecule has 0 atom stereocenters. The van der Waals surface area contributed by atoms with E-state index in [9.17, 15) is 9.59 Å². The lowest BCUT2D eigenvalue weighted by Gasteiger charge is -2.33. The van der Waals surface area contributed by atoms with E-state index in [1.807, 2.05) is 23.1 Å². The zero-order valence-corrected chi connectivity index (χ0v) is 14.1. The number of amides is 1. The number of carbonyl (C=O) groups is 1. The number of ether oxygens (including phenoxy) is 2. The summed E-state index contributed by atoms with van der Waals surface area (Å²) < 4.78 is 17.9. The first-order chi connectivity index (χ1) is 12.2. The number of para-hydroxylation sites is 2. The maximum absolute atomic E-state index is 12.5. The van der Waals surface area contributed by atoms with Crippen molar-refractivity contribution < 1.29 is 18.7 Å². The molecule has 0 spiro atoms. The molecule has 2 aliphatic rings. The lowest BCUT2D eigenvalue weighted by Crippen LogP contribution is -2.41. The summed E-state index contributed by atoms with van der Waals surface area (Å²) in [6.07, 6.45) is 1.98. The van der Waals surface area contributed by atoms with Crippen molar-refractivity contribution in [2.24, 2.45) is 5.92 Å². The zero-order valence-electron chi connectivity index (χ0n) is 14.1. The fourth-order valence-corrected chi connectivity index (χ4v) is 3.66. The second-order valence-corrected chi connectivity index (χ2v) is 6.57. The molecule has 1 amide bonds. The average Bonchev–Trinajstić information content (AvgIpc) is 3.27. The highest BCUT2D eigenvalue weighted by Crippen LogP contribution is 2.26. The van der Waals surface area contributed by atoms with Gasteiger partial charge in [0.25, 0.3) is 0 Å². The van der Waals surface area contributed by atoms with Gasteiger partial charge in [-0.25, -0.2) is 4.79 Å². The van der Waals surface area contributed by atoms with Crippen molar-refractivity contribution in [1.82, 2.24) is 9.47 Å². The lowest BCUT2D eigenvalue weighted by molar-refractivity contribution is -0.137. The molecule has 134 valence electrons. The Bertz CT molecular complexity index is 797. The predicted molar refractivity (Wildman–Crippen MR) is 90.1 cm³/mol. The summed E-state index contributed by atoms with van der Waals surface area (Å²) in [6, 6.07) is 7.26. The fourth-order valence-electron chi connectivity index (χ4n) is 3.66. The summed E-state index contributed by atoms with van der Waals surface area (Å²) in [5.74, 6) is 0.0270. The topological polar surface area (TPSA) is 73.9 Å². The molecular formula is C18H22N2O5. The van der Waals surface area contributed by atoms with Crippen LogP contribution in [0.25, 0.3) is 11.1 Å². The second kappa shape index (κ2) is 7.01. The van der Waals surface area contributed by atoms with Crippen LogP contribution in [0.3, 0.4) is 0 Å². The molecule has 2 aromatic rings. The molecule has 0 bridgehead atoms. The summed E-state index contributed by atoms with van der Waals surface area (Å²) >= 11 is 0. The first-order valence-electron chi connectivity index (χ1n) is 8.82. The van der Waals surface area contributed by atoms with E-state index < -0.39 is 5.76 Å². The molecular weight excluding hydrogens is 324 g/mol. The quantitative estimate of drug-likeness (QED) is 0.841. The summed E-state index contributed by atoms with van der Waals surface area (Å²) in [5, 5.41) is 0. The van der Waals surface area contributed by atoms with E-state index in [-0.39, 0.29) is 12.2 Å². The Morgan fingerprint density at radius 1 is 1.12 bits per heavy atom. The van der Waals surface area contributed by atoms with E-state index in [0.717, 1.165) is 18.4 Å². The Labute approximate surface area is 145 Å². The summed E-state index contributed by atoms with van der Waals surface area (Å²) in [5.41, 5.74) is 1.28. The van der Waals surface area contributed by atoms with Crippen molar-refractivity contribution in [3.8, 4) is 0 Å². The number of carbonyl (C=O) groups excluding carboxylic acids is 1. The van der Waals surface area contributed by atoms with Gasteiger partial charge in [-0.05, 0) is 25.0 Å². The van der Waals surface area contributed by atoms with Crippen molar-refractivity contribution in [1.29, 1.82) is 0 Å². The minimum Gasteiger partial charge on any atom is -0.408 e. The lowest BCUT2D eigenvalue weighted by atomic mass is 9.96. The van der Waals surface area contributed by atoms with Gasteiger partial charge < -0.3 is 18.8 Å². The molecule has 2 saturated heterocycles. The summed E-state index contributed by atoms with van der Waals surface area (Å²) in [6.45, 7) is 3.10. The zero-order chi connectivity index (χ0) is 17.2. The standard InChI is InChI=1S/C18H22N2O5/c21-16(19-8-5-13(6-9-19)17-23-11-12-24-17)7-10-20-14-3-1-2-4-15(14)25-18(20)22/h1-4,13,17H,5-12H2. The fraction of sp³-hybridized carbons (Fsp3) is 0.556. The number of piperidine rings is 1. The van der Waals surface area contributed by atoms with Crippen LogP contribution in [-0.4, -0.2) is 48.0 Å². The van der Waals surface area contributed by atoms with Gasteiger partial charge in [0.2, 0.25) is 5.91 Å².